The van der Waals surface area contributed by atoms with Crippen LogP contribution in [0.5, 0.6) is 5.75 Å². The molecule has 0 heterocycles. The van der Waals surface area contributed by atoms with Gasteiger partial charge < -0.3 is 5.11 Å². The third kappa shape index (κ3) is 1.93. The van der Waals surface area contributed by atoms with Crippen molar-refractivity contribution in [2.75, 3.05) is 0 Å². The lowest BCUT2D eigenvalue weighted by atomic mass is 10.1. The summed E-state index contributed by atoms with van der Waals surface area (Å²) < 4.78 is 12.1. The fraction of sp³-hybridized carbons (Fsp3) is 0.250. The Kier molecular flexibility index (Phi) is 3.01. The van der Waals surface area contributed by atoms with Crippen LogP contribution >= 0.6 is 0 Å². The Morgan fingerprint density at radius 2 is 2.25 bits per heavy atom. The molecule has 0 spiro atoms. The van der Waals surface area contributed by atoms with Crippen molar-refractivity contribution in [2.45, 2.75) is 13.3 Å². The number of alkyl halides is 1. The van der Waals surface area contributed by atoms with Gasteiger partial charge in [0.15, 0.2) is 0 Å². The van der Waals surface area contributed by atoms with Crippen molar-refractivity contribution >= 4 is 0 Å². The SMILES string of the molecule is NOCc1cc(CF)ccc1O. The summed E-state index contributed by atoms with van der Waals surface area (Å²) in [7, 11) is 0. The van der Waals surface area contributed by atoms with Crippen molar-refractivity contribution in [3.05, 3.63) is 29.3 Å². The summed E-state index contributed by atoms with van der Waals surface area (Å²) >= 11 is 0. The average molecular weight is 171 g/mol. The maximum atomic E-state index is 12.1. The van der Waals surface area contributed by atoms with Gasteiger partial charge >= 0.3 is 0 Å². The van der Waals surface area contributed by atoms with Crippen molar-refractivity contribution in [1.29, 1.82) is 0 Å². The molecule has 0 aliphatic rings. The number of hydrogen-bond acceptors (Lipinski definition) is 3. The summed E-state index contributed by atoms with van der Waals surface area (Å²) in [5.74, 6) is 4.88. The van der Waals surface area contributed by atoms with Gasteiger partial charge in [-0.15, -0.1) is 0 Å². The second-order valence-corrected chi connectivity index (χ2v) is 2.41. The van der Waals surface area contributed by atoms with Crippen LogP contribution in [0.25, 0.3) is 0 Å². The zero-order valence-electron chi connectivity index (χ0n) is 6.46. The van der Waals surface area contributed by atoms with E-state index in [1.54, 1.807) is 0 Å². The molecule has 1 aromatic carbocycles. The van der Waals surface area contributed by atoms with Crippen LogP contribution in [0.1, 0.15) is 11.1 Å². The quantitative estimate of drug-likeness (QED) is 0.673. The molecule has 0 saturated carbocycles. The van der Waals surface area contributed by atoms with Gasteiger partial charge in [-0.3, -0.25) is 4.84 Å². The first kappa shape index (κ1) is 8.96. The van der Waals surface area contributed by atoms with Gasteiger partial charge in [-0.2, -0.15) is 0 Å². The van der Waals surface area contributed by atoms with Crippen LogP contribution < -0.4 is 5.90 Å². The molecule has 66 valence electrons. The zero-order chi connectivity index (χ0) is 8.97. The Hall–Kier alpha value is -1.13. The van der Waals surface area contributed by atoms with Gasteiger partial charge in [0.05, 0.1) is 6.61 Å². The molecule has 1 rings (SSSR count). The highest BCUT2D eigenvalue weighted by Crippen LogP contribution is 2.19. The number of nitrogens with two attached hydrogens (primary N) is 1. The fourth-order valence-electron chi connectivity index (χ4n) is 0.927. The summed E-state index contributed by atoms with van der Waals surface area (Å²) in [5, 5.41) is 9.20. The van der Waals surface area contributed by atoms with Crippen molar-refractivity contribution in [1.82, 2.24) is 0 Å². The second-order valence-electron chi connectivity index (χ2n) is 2.41. The number of phenolic OH excluding ortho intramolecular Hbond substituents is 1. The van der Waals surface area contributed by atoms with Gasteiger partial charge in [0.25, 0.3) is 0 Å². The van der Waals surface area contributed by atoms with Gasteiger partial charge in [-0.1, -0.05) is 6.07 Å². The van der Waals surface area contributed by atoms with E-state index in [1.807, 2.05) is 0 Å². The van der Waals surface area contributed by atoms with E-state index in [0.29, 0.717) is 11.1 Å². The van der Waals surface area contributed by atoms with Crippen LogP contribution in [-0.2, 0) is 18.1 Å². The van der Waals surface area contributed by atoms with Crippen molar-refractivity contribution < 1.29 is 14.3 Å². The molecule has 0 bridgehead atoms. The Morgan fingerprint density at radius 3 is 2.83 bits per heavy atom. The largest absolute Gasteiger partial charge is 0.508 e. The Bertz CT molecular complexity index is 265. The van der Waals surface area contributed by atoms with Crippen molar-refractivity contribution in [3.8, 4) is 5.75 Å². The first-order chi connectivity index (χ1) is 5.77. The molecule has 3 N–H and O–H groups in total. The lowest BCUT2D eigenvalue weighted by Crippen LogP contribution is -1.99. The topological polar surface area (TPSA) is 55.5 Å². The molecule has 0 unspecified atom stereocenters. The van der Waals surface area contributed by atoms with E-state index in [-0.39, 0.29) is 12.4 Å². The molecule has 0 aliphatic heterocycles. The standard InChI is InChI=1S/C8H10FNO2/c9-4-6-1-2-8(11)7(3-6)5-12-10/h1-3,11H,4-5,10H2. The summed E-state index contributed by atoms with van der Waals surface area (Å²) in [4.78, 5) is 4.33. The summed E-state index contributed by atoms with van der Waals surface area (Å²) in [6, 6.07) is 4.45. The minimum Gasteiger partial charge on any atom is -0.508 e. The lowest BCUT2D eigenvalue weighted by molar-refractivity contribution is 0.122. The number of phenols is 1. The van der Waals surface area contributed by atoms with Crippen molar-refractivity contribution in [3.63, 3.8) is 0 Å². The monoisotopic (exact) mass is 171 g/mol. The first-order valence-electron chi connectivity index (χ1n) is 3.46. The minimum atomic E-state index is -0.558. The average Bonchev–Trinajstić information content (AvgIpc) is 2.09. The fourth-order valence-corrected chi connectivity index (χ4v) is 0.927. The second kappa shape index (κ2) is 4.04. The van der Waals surface area contributed by atoms with Crippen LogP contribution in [-0.4, -0.2) is 5.11 Å². The molecule has 0 aliphatic carbocycles. The molecule has 12 heavy (non-hydrogen) atoms. The molecule has 3 nitrogen and oxygen atoms in total. The number of benzene rings is 1. The minimum absolute atomic E-state index is 0.0673. The van der Waals surface area contributed by atoms with Gasteiger partial charge in [0.2, 0.25) is 0 Å². The maximum absolute atomic E-state index is 12.1. The van der Waals surface area contributed by atoms with E-state index >= 15 is 0 Å². The van der Waals surface area contributed by atoms with Crippen LogP contribution in [0.3, 0.4) is 0 Å². The number of aromatic hydroxyl groups is 1. The van der Waals surface area contributed by atoms with Gasteiger partial charge in [-0.05, 0) is 17.7 Å². The van der Waals surface area contributed by atoms with E-state index in [4.69, 9.17) is 5.90 Å². The van der Waals surface area contributed by atoms with Gasteiger partial charge in [0, 0.05) is 5.56 Å². The number of rotatable bonds is 3. The van der Waals surface area contributed by atoms with E-state index < -0.39 is 6.67 Å². The Labute approximate surface area is 69.5 Å². The highest BCUT2D eigenvalue weighted by atomic mass is 19.1. The first-order valence-corrected chi connectivity index (χ1v) is 3.46. The molecule has 0 fully saturated rings. The van der Waals surface area contributed by atoms with E-state index in [9.17, 15) is 9.50 Å². The third-order valence-electron chi connectivity index (χ3n) is 1.54. The Balaban J connectivity index is 2.91. The smallest absolute Gasteiger partial charge is 0.121 e. The molecule has 0 amide bonds. The van der Waals surface area contributed by atoms with Crippen LogP contribution in [0.2, 0.25) is 0 Å². The zero-order valence-corrected chi connectivity index (χ0v) is 6.46. The van der Waals surface area contributed by atoms with E-state index in [2.05, 4.69) is 4.84 Å². The van der Waals surface area contributed by atoms with Crippen molar-refractivity contribution in [2.24, 2.45) is 5.90 Å². The predicted molar refractivity (Wildman–Crippen MR) is 41.9 cm³/mol. The molecular weight excluding hydrogens is 161 g/mol. The molecule has 4 heteroatoms. The van der Waals surface area contributed by atoms with Crippen LogP contribution in [0.4, 0.5) is 4.39 Å². The lowest BCUT2D eigenvalue weighted by Gasteiger charge is -2.03. The van der Waals surface area contributed by atoms with Crippen LogP contribution in [0.15, 0.2) is 18.2 Å². The summed E-state index contributed by atoms with van der Waals surface area (Å²) in [6.07, 6.45) is 0. The Morgan fingerprint density at radius 1 is 1.50 bits per heavy atom. The molecular formula is C8H10FNO2. The normalized spacial score (nSPS) is 10.2. The molecule has 0 aromatic heterocycles. The molecule has 1 aromatic rings. The number of halogens is 1. The summed E-state index contributed by atoms with van der Waals surface area (Å²) in [6.45, 7) is -0.475. The highest BCUT2D eigenvalue weighted by Gasteiger charge is 2.01. The van der Waals surface area contributed by atoms with E-state index in [1.165, 1.54) is 18.2 Å². The van der Waals surface area contributed by atoms with Crippen LogP contribution in [0, 0.1) is 0 Å². The number of hydrogen-bond donors (Lipinski definition) is 2. The highest BCUT2D eigenvalue weighted by molar-refractivity contribution is 5.35. The van der Waals surface area contributed by atoms with Gasteiger partial charge in [0.1, 0.15) is 12.4 Å². The predicted octanol–water partition coefficient (Wildman–Crippen LogP) is 1.25. The summed E-state index contributed by atoms with van der Waals surface area (Å²) in [5.41, 5.74) is 0.993. The van der Waals surface area contributed by atoms with E-state index in [0.717, 1.165) is 0 Å². The third-order valence-corrected chi connectivity index (χ3v) is 1.54. The van der Waals surface area contributed by atoms with Gasteiger partial charge in [-0.25, -0.2) is 10.3 Å². The molecule has 0 atom stereocenters. The molecule has 0 radical (unpaired) electrons. The molecule has 0 saturated heterocycles. The maximum Gasteiger partial charge on any atom is 0.121 e.